The molecule has 3 N–H and O–H groups in total. The van der Waals surface area contributed by atoms with E-state index in [1.165, 1.54) is 7.11 Å². The van der Waals surface area contributed by atoms with Gasteiger partial charge in [0.25, 0.3) is 5.91 Å². The number of carbonyl (C=O) groups excluding carboxylic acids is 2. The number of benzene rings is 3. The SMILES string of the molecule is COCC(=O)Nc1cc(C(C)COc2ccc(NC(=O)Nc3cc(C(C)(C)C)nn3-c3ccc(C)cc3)c3ccccc23)ccn1. The number of fused-ring (bicyclic) bond motifs is 1. The predicted molar refractivity (Wildman–Crippen MR) is 182 cm³/mol. The Morgan fingerprint density at radius 3 is 2.37 bits per heavy atom. The van der Waals surface area contributed by atoms with Gasteiger partial charge in [-0.3, -0.25) is 10.1 Å². The lowest BCUT2D eigenvalue weighted by Gasteiger charge is -2.17. The van der Waals surface area contributed by atoms with Crippen LogP contribution in [-0.2, 0) is 14.9 Å². The summed E-state index contributed by atoms with van der Waals surface area (Å²) in [6, 6.07) is 24.8. The number of methoxy groups -OCH3 is 1. The van der Waals surface area contributed by atoms with Gasteiger partial charge in [-0.2, -0.15) is 5.10 Å². The number of carbonyl (C=O) groups is 2. The summed E-state index contributed by atoms with van der Waals surface area (Å²) >= 11 is 0. The highest BCUT2D eigenvalue weighted by atomic mass is 16.5. The monoisotopic (exact) mass is 620 g/mol. The van der Waals surface area contributed by atoms with Gasteiger partial charge in [0.1, 0.15) is 24.0 Å². The first-order chi connectivity index (χ1) is 22.0. The minimum absolute atomic E-state index is 0.0137. The average molecular weight is 621 g/mol. The van der Waals surface area contributed by atoms with E-state index in [0.29, 0.717) is 29.7 Å². The third-order valence-electron chi connectivity index (χ3n) is 7.51. The number of hydrogen-bond donors (Lipinski definition) is 3. The smallest absolute Gasteiger partial charge is 0.324 e. The van der Waals surface area contributed by atoms with Crippen molar-refractivity contribution in [3.8, 4) is 11.4 Å². The van der Waals surface area contributed by atoms with Crippen LogP contribution < -0.4 is 20.7 Å². The van der Waals surface area contributed by atoms with E-state index in [0.717, 1.165) is 33.3 Å². The van der Waals surface area contributed by atoms with Gasteiger partial charge >= 0.3 is 6.03 Å². The van der Waals surface area contributed by atoms with Crippen molar-refractivity contribution in [3.63, 3.8) is 0 Å². The maximum absolute atomic E-state index is 13.4. The van der Waals surface area contributed by atoms with Crippen molar-refractivity contribution in [2.24, 2.45) is 0 Å². The van der Waals surface area contributed by atoms with Crippen LogP contribution >= 0.6 is 0 Å². The minimum atomic E-state index is -0.382. The molecule has 3 aromatic carbocycles. The summed E-state index contributed by atoms with van der Waals surface area (Å²) in [5, 5.41) is 15.3. The Kier molecular flexibility index (Phi) is 9.67. The maximum Gasteiger partial charge on any atom is 0.324 e. The van der Waals surface area contributed by atoms with Crippen molar-refractivity contribution in [1.82, 2.24) is 14.8 Å². The number of nitrogens with zero attached hydrogens (tertiary/aromatic N) is 3. The molecule has 1 atom stereocenters. The Balaban J connectivity index is 1.31. The van der Waals surface area contributed by atoms with E-state index in [1.807, 2.05) is 92.7 Å². The van der Waals surface area contributed by atoms with Crippen molar-refractivity contribution < 1.29 is 19.1 Å². The van der Waals surface area contributed by atoms with Crippen LogP contribution in [-0.4, -0.2) is 47.0 Å². The molecular formula is C36H40N6O4. The molecule has 10 nitrogen and oxygen atoms in total. The molecule has 0 aliphatic heterocycles. The first-order valence-electron chi connectivity index (χ1n) is 15.2. The molecule has 0 saturated heterocycles. The summed E-state index contributed by atoms with van der Waals surface area (Å²) in [6.45, 7) is 10.7. The molecule has 238 valence electrons. The molecule has 46 heavy (non-hydrogen) atoms. The molecule has 0 aliphatic rings. The van der Waals surface area contributed by atoms with Gasteiger partial charge in [0.2, 0.25) is 0 Å². The van der Waals surface area contributed by atoms with E-state index >= 15 is 0 Å². The van der Waals surface area contributed by atoms with Crippen LogP contribution in [0.15, 0.2) is 85.1 Å². The van der Waals surface area contributed by atoms with E-state index < -0.39 is 0 Å². The molecule has 10 heteroatoms. The highest BCUT2D eigenvalue weighted by molar-refractivity contribution is 6.07. The van der Waals surface area contributed by atoms with Crippen molar-refractivity contribution >= 4 is 40.0 Å². The van der Waals surface area contributed by atoms with Crippen molar-refractivity contribution in [2.75, 3.05) is 36.3 Å². The number of nitrogens with one attached hydrogen (secondary N) is 3. The third kappa shape index (κ3) is 7.70. The van der Waals surface area contributed by atoms with Crippen LogP contribution in [0.4, 0.5) is 22.1 Å². The van der Waals surface area contributed by atoms with Gasteiger partial charge < -0.3 is 20.1 Å². The highest BCUT2D eigenvalue weighted by Crippen LogP contribution is 2.33. The molecule has 0 radical (unpaired) electrons. The Hall–Kier alpha value is -5.22. The van der Waals surface area contributed by atoms with Crippen LogP contribution in [0.2, 0.25) is 0 Å². The average Bonchev–Trinajstić information content (AvgIpc) is 3.45. The lowest BCUT2D eigenvalue weighted by molar-refractivity contribution is -0.119. The van der Waals surface area contributed by atoms with Crippen molar-refractivity contribution in [3.05, 3.63) is 102 Å². The molecule has 2 heterocycles. The van der Waals surface area contributed by atoms with Crippen molar-refractivity contribution in [2.45, 2.75) is 46.0 Å². The van der Waals surface area contributed by atoms with Gasteiger partial charge in [0.15, 0.2) is 0 Å². The van der Waals surface area contributed by atoms with Crippen molar-refractivity contribution in [1.29, 1.82) is 0 Å². The van der Waals surface area contributed by atoms with Gasteiger partial charge in [0.05, 0.1) is 23.7 Å². The fourth-order valence-corrected chi connectivity index (χ4v) is 4.94. The fraction of sp³-hybridized carbons (Fsp3) is 0.278. The van der Waals surface area contributed by atoms with Gasteiger partial charge in [-0.15, -0.1) is 0 Å². The maximum atomic E-state index is 13.4. The molecule has 0 spiro atoms. The van der Waals surface area contributed by atoms with Gasteiger partial charge in [-0.25, -0.2) is 14.5 Å². The molecule has 0 aliphatic carbocycles. The topological polar surface area (TPSA) is 119 Å². The molecule has 1 unspecified atom stereocenters. The number of pyridine rings is 1. The molecule has 2 aromatic heterocycles. The van der Waals surface area contributed by atoms with Gasteiger partial charge in [-0.1, -0.05) is 69.7 Å². The molecule has 3 amide bonds. The molecule has 0 bridgehead atoms. The molecular weight excluding hydrogens is 580 g/mol. The lowest BCUT2D eigenvalue weighted by Crippen LogP contribution is -2.21. The second-order valence-corrected chi connectivity index (χ2v) is 12.3. The second kappa shape index (κ2) is 13.8. The molecule has 0 saturated carbocycles. The summed E-state index contributed by atoms with van der Waals surface area (Å²) in [5.41, 5.74) is 4.28. The van der Waals surface area contributed by atoms with E-state index in [-0.39, 0.29) is 29.9 Å². The Morgan fingerprint density at radius 2 is 1.65 bits per heavy atom. The number of ether oxygens (including phenoxy) is 2. The van der Waals surface area contributed by atoms with E-state index in [1.54, 1.807) is 10.9 Å². The molecule has 5 rings (SSSR count). The zero-order valence-electron chi connectivity index (χ0n) is 27.0. The second-order valence-electron chi connectivity index (χ2n) is 12.3. The number of rotatable bonds is 10. The minimum Gasteiger partial charge on any atom is -0.492 e. The quantitative estimate of drug-likeness (QED) is 0.149. The lowest BCUT2D eigenvalue weighted by atomic mass is 9.92. The first kappa shape index (κ1) is 32.2. The van der Waals surface area contributed by atoms with Crippen LogP contribution in [0, 0.1) is 6.92 Å². The standard InChI is InChI=1S/C36H40N6O4/c1-23-11-13-26(14-12-23)42-33(20-31(41-42)36(3,4)5)40-35(44)38-29-15-16-30(28-10-8-7-9-27(28)29)46-21-24(2)25-17-18-37-32(19-25)39-34(43)22-45-6/h7-20,24H,21-22H2,1-6H3,(H,37,39,43)(H2,38,40,44). The van der Waals surface area contributed by atoms with E-state index in [2.05, 4.69) is 41.7 Å². The van der Waals surface area contributed by atoms with Crippen LogP contribution in [0.25, 0.3) is 16.5 Å². The summed E-state index contributed by atoms with van der Waals surface area (Å²) < 4.78 is 12.9. The number of aryl methyl sites for hydroxylation is 1. The normalized spacial score (nSPS) is 12.0. The summed E-state index contributed by atoms with van der Waals surface area (Å²) in [6.07, 6.45) is 1.66. The van der Waals surface area contributed by atoms with Crippen LogP contribution in [0.5, 0.6) is 5.75 Å². The number of aromatic nitrogens is 3. The van der Waals surface area contributed by atoms with Crippen LogP contribution in [0.1, 0.15) is 50.4 Å². The molecule has 5 aromatic rings. The third-order valence-corrected chi connectivity index (χ3v) is 7.51. The number of urea groups is 1. The Labute approximate surface area is 269 Å². The van der Waals surface area contributed by atoms with Gasteiger partial charge in [0, 0.05) is 41.5 Å². The Bertz CT molecular complexity index is 1840. The summed E-state index contributed by atoms with van der Waals surface area (Å²) in [7, 11) is 1.47. The summed E-state index contributed by atoms with van der Waals surface area (Å²) in [5.74, 6) is 1.48. The molecule has 0 fully saturated rings. The fourth-order valence-electron chi connectivity index (χ4n) is 4.94. The number of amides is 3. The number of anilines is 3. The zero-order chi connectivity index (χ0) is 32.8. The van der Waals surface area contributed by atoms with E-state index in [9.17, 15) is 9.59 Å². The highest BCUT2D eigenvalue weighted by Gasteiger charge is 2.22. The largest absolute Gasteiger partial charge is 0.492 e. The zero-order valence-corrected chi connectivity index (χ0v) is 27.0. The number of hydrogen-bond acceptors (Lipinski definition) is 6. The first-order valence-corrected chi connectivity index (χ1v) is 15.2. The van der Waals surface area contributed by atoms with E-state index in [4.69, 9.17) is 14.6 Å². The Morgan fingerprint density at radius 1 is 0.913 bits per heavy atom. The van der Waals surface area contributed by atoms with Gasteiger partial charge in [-0.05, 0) is 48.9 Å². The summed E-state index contributed by atoms with van der Waals surface area (Å²) in [4.78, 5) is 29.5. The van der Waals surface area contributed by atoms with Crippen LogP contribution in [0.3, 0.4) is 0 Å². The predicted octanol–water partition coefficient (Wildman–Crippen LogP) is 7.44.